The first-order valence-electron chi connectivity index (χ1n) is 11.5. The zero-order valence-electron chi connectivity index (χ0n) is 20.3. The van der Waals surface area contributed by atoms with E-state index in [-0.39, 0.29) is 30.1 Å². The molecule has 1 amide bonds. The van der Waals surface area contributed by atoms with E-state index >= 15 is 0 Å². The highest BCUT2D eigenvalue weighted by atomic mass is 32.2. The van der Waals surface area contributed by atoms with Crippen LogP contribution in [0.25, 0.3) is 0 Å². The first-order chi connectivity index (χ1) is 16.6. The Bertz CT molecular complexity index is 1160. The number of nitrogens with one attached hydrogen (secondary N) is 1. The number of non-ortho nitro benzene ring substituents is 1. The van der Waals surface area contributed by atoms with E-state index in [1.807, 2.05) is 18.2 Å². The summed E-state index contributed by atoms with van der Waals surface area (Å²) in [4.78, 5) is 26.3. The van der Waals surface area contributed by atoms with Gasteiger partial charge in [0.25, 0.3) is 5.69 Å². The molecule has 1 aliphatic heterocycles. The summed E-state index contributed by atoms with van der Waals surface area (Å²) < 4.78 is 31.7. The minimum absolute atomic E-state index is 0.0567. The van der Waals surface area contributed by atoms with Gasteiger partial charge < -0.3 is 10.1 Å². The minimum atomic E-state index is -3.99. The maximum atomic E-state index is 13.2. The SMILES string of the molecule is CC[C@H](C(=O)NCc1cccc(CN2CCCC2)c1)N(c1cc([N+](=O)[O-])ccc1OC)S(C)(=O)=O. The summed E-state index contributed by atoms with van der Waals surface area (Å²) in [6.45, 7) is 4.94. The number of hydrogen-bond donors (Lipinski definition) is 1. The van der Waals surface area contributed by atoms with Crippen molar-refractivity contribution >= 4 is 27.3 Å². The summed E-state index contributed by atoms with van der Waals surface area (Å²) in [5, 5.41) is 14.1. The molecule has 35 heavy (non-hydrogen) atoms. The third-order valence-corrected chi connectivity index (χ3v) is 7.17. The zero-order valence-corrected chi connectivity index (χ0v) is 21.1. The van der Waals surface area contributed by atoms with Crippen LogP contribution in [0.1, 0.15) is 37.3 Å². The van der Waals surface area contributed by atoms with Crippen molar-refractivity contribution in [3.63, 3.8) is 0 Å². The number of nitro groups is 1. The molecule has 1 fully saturated rings. The first-order valence-corrected chi connectivity index (χ1v) is 13.4. The van der Waals surface area contributed by atoms with Crippen LogP contribution in [0.5, 0.6) is 5.75 Å². The number of nitrogens with zero attached hydrogens (tertiary/aromatic N) is 3. The van der Waals surface area contributed by atoms with Gasteiger partial charge in [-0.15, -0.1) is 0 Å². The fourth-order valence-corrected chi connectivity index (χ4v) is 5.55. The van der Waals surface area contributed by atoms with Crippen LogP contribution < -0.4 is 14.4 Å². The normalized spacial score (nSPS) is 14.9. The van der Waals surface area contributed by atoms with Crippen LogP contribution in [-0.4, -0.2) is 56.6 Å². The zero-order chi connectivity index (χ0) is 25.6. The number of amides is 1. The second kappa shape index (κ2) is 11.5. The van der Waals surface area contributed by atoms with E-state index in [2.05, 4.69) is 16.3 Å². The Morgan fingerprint density at radius 1 is 1.20 bits per heavy atom. The Kier molecular flexibility index (Phi) is 8.68. The maximum absolute atomic E-state index is 13.2. The van der Waals surface area contributed by atoms with Gasteiger partial charge in [0, 0.05) is 25.2 Å². The van der Waals surface area contributed by atoms with Gasteiger partial charge in [0.1, 0.15) is 17.5 Å². The minimum Gasteiger partial charge on any atom is -0.495 e. The number of ether oxygens (including phenoxy) is 1. The summed E-state index contributed by atoms with van der Waals surface area (Å²) in [6, 6.07) is 10.5. The van der Waals surface area contributed by atoms with Crippen molar-refractivity contribution in [2.45, 2.75) is 45.3 Å². The fourth-order valence-electron chi connectivity index (χ4n) is 4.34. The van der Waals surface area contributed by atoms with Crippen molar-refractivity contribution in [2.75, 3.05) is 30.8 Å². The van der Waals surface area contributed by atoms with E-state index in [0.29, 0.717) is 0 Å². The number of sulfonamides is 1. The topological polar surface area (TPSA) is 122 Å². The average molecular weight is 505 g/mol. The summed E-state index contributed by atoms with van der Waals surface area (Å²) in [7, 11) is -2.65. The van der Waals surface area contributed by atoms with Gasteiger partial charge in [0.15, 0.2) is 0 Å². The number of methoxy groups -OCH3 is 1. The van der Waals surface area contributed by atoms with Gasteiger partial charge in [-0.05, 0) is 49.5 Å². The molecule has 1 atom stereocenters. The number of hydrogen-bond acceptors (Lipinski definition) is 7. The van der Waals surface area contributed by atoms with E-state index in [4.69, 9.17) is 4.74 Å². The predicted molar refractivity (Wildman–Crippen MR) is 134 cm³/mol. The van der Waals surface area contributed by atoms with E-state index in [1.54, 1.807) is 6.92 Å². The molecule has 0 radical (unpaired) electrons. The van der Waals surface area contributed by atoms with Crippen molar-refractivity contribution < 1.29 is 22.9 Å². The lowest BCUT2D eigenvalue weighted by molar-refractivity contribution is -0.384. The highest BCUT2D eigenvalue weighted by Crippen LogP contribution is 2.35. The Morgan fingerprint density at radius 3 is 2.49 bits per heavy atom. The second-order valence-electron chi connectivity index (χ2n) is 8.62. The monoisotopic (exact) mass is 504 g/mol. The largest absolute Gasteiger partial charge is 0.495 e. The molecule has 11 heteroatoms. The van der Waals surface area contributed by atoms with Gasteiger partial charge in [-0.3, -0.25) is 24.1 Å². The molecule has 0 bridgehead atoms. The molecule has 1 heterocycles. The number of benzene rings is 2. The van der Waals surface area contributed by atoms with Crippen LogP contribution in [0.15, 0.2) is 42.5 Å². The molecule has 0 aliphatic carbocycles. The number of likely N-dealkylation sites (tertiary alicyclic amines) is 1. The van der Waals surface area contributed by atoms with Crippen molar-refractivity contribution in [1.82, 2.24) is 10.2 Å². The highest BCUT2D eigenvalue weighted by molar-refractivity contribution is 7.92. The Morgan fingerprint density at radius 2 is 1.89 bits per heavy atom. The molecule has 1 saturated heterocycles. The average Bonchev–Trinajstić information content (AvgIpc) is 3.33. The van der Waals surface area contributed by atoms with Crippen molar-refractivity contribution in [1.29, 1.82) is 0 Å². The third-order valence-electron chi connectivity index (χ3n) is 6.00. The van der Waals surface area contributed by atoms with Crippen LogP contribution in [0.4, 0.5) is 11.4 Å². The molecule has 1 N–H and O–H groups in total. The molecule has 0 saturated carbocycles. The molecule has 2 aromatic carbocycles. The van der Waals surface area contributed by atoms with Crippen LogP contribution in [-0.2, 0) is 27.9 Å². The van der Waals surface area contributed by atoms with Gasteiger partial charge in [-0.25, -0.2) is 8.42 Å². The van der Waals surface area contributed by atoms with Gasteiger partial charge in [0.05, 0.1) is 18.3 Å². The van der Waals surface area contributed by atoms with Gasteiger partial charge in [0.2, 0.25) is 15.9 Å². The summed E-state index contributed by atoms with van der Waals surface area (Å²) in [5.74, 6) is -0.390. The van der Waals surface area contributed by atoms with Crippen LogP contribution >= 0.6 is 0 Å². The second-order valence-corrected chi connectivity index (χ2v) is 10.5. The number of carbonyl (C=O) groups excluding carboxylic acids is 1. The lowest BCUT2D eigenvalue weighted by Gasteiger charge is -2.31. The molecule has 1 aliphatic rings. The lowest BCUT2D eigenvalue weighted by Crippen LogP contribution is -2.49. The summed E-state index contributed by atoms with van der Waals surface area (Å²) in [6.07, 6.45) is 3.53. The van der Waals surface area contributed by atoms with Crippen LogP contribution in [0.3, 0.4) is 0 Å². The molecule has 0 aromatic heterocycles. The van der Waals surface area contributed by atoms with Crippen molar-refractivity contribution in [2.24, 2.45) is 0 Å². The number of carbonyl (C=O) groups is 1. The molecule has 2 aromatic rings. The molecule has 0 unspecified atom stereocenters. The van der Waals surface area contributed by atoms with Crippen molar-refractivity contribution in [3.05, 3.63) is 63.7 Å². The number of rotatable bonds is 11. The fraction of sp³-hybridized carbons (Fsp3) is 0.458. The Balaban J connectivity index is 1.82. The Labute approximate surface area is 206 Å². The predicted octanol–water partition coefficient (Wildman–Crippen LogP) is 3.06. The van der Waals surface area contributed by atoms with E-state index < -0.39 is 26.9 Å². The first kappa shape index (κ1) is 26.4. The molecule has 10 nitrogen and oxygen atoms in total. The third kappa shape index (κ3) is 6.70. The van der Waals surface area contributed by atoms with Crippen LogP contribution in [0, 0.1) is 10.1 Å². The quantitative estimate of drug-likeness (QED) is 0.369. The standard InChI is InChI=1S/C24H32N4O6S/c1-4-21(27(35(3,32)33)22-15-20(28(30)31)10-11-23(22)34-2)24(29)25-16-18-8-7-9-19(14-18)17-26-12-5-6-13-26/h7-11,14-15,21H,4-6,12-13,16-17H2,1-3H3,(H,25,29)/t21-/m1/s1. The molecular weight excluding hydrogens is 472 g/mol. The summed E-state index contributed by atoms with van der Waals surface area (Å²) >= 11 is 0. The lowest BCUT2D eigenvalue weighted by atomic mass is 10.1. The van der Waals surface area contributed by atoms with E-state index in [0.717, 1.165) is 47.4 Å². The van der Waals surface area contributed by atoms with Gasteiger partial charge in [-0.1, -0.05) is 31.2 Å². The molecule has 3 rings (SSSR count). The van der Waals surface area contributed by atoms with Crippen LogP contribution in [0.2, 0.25) is 0 Å². The summed E-state index contributed by atoms with van der Waals surface area (Å²) in [5.41, 5.74) is 1.70. The number of nitro benzene ring substituents is 1. The van der Waals surface area contributed by atoms with Gasteiger partial charge in [-0.2, -0.15) is 0 Å². The molecule has 0 spiro atoms. The van der Waals surface area contributed by atoms with E-state index in [9.17, 15) is 23.3 Å². The van der Waals surface area contributed by atoms with E-state index in [1.165, 1.54) is 32.1 Å². The smallest absolute Gasteiger partial charge is 0.271 e. The maximum Gasteiger partial charge on any atom is 0.271 e. The molecular formula is C24H32N4O6S. The molecule has 190 valence electrons. The van der Waals surface area contributed by atoms with Crippen molar-refractivity contribution in [3.8, 4) is 5.75 Å². The van der Waals surface area contributed by atoms with Gasteiger partial charge >= 0.3 is 0 Å². The Hall–Kier alpha value is -3.18. The number of anilines is 1. The highest BCUT2D eigenvalue weighted by Gasteiger charge is 2.34.